The molecule has 3 aromatic rings. The van der Waals surface area contributed by atoms with E-state index in [2.05, 4.69) is 9.97 Å². The van der Waals surface area contributed by atoms with Crippen molar-refractivity contribution in [2.24, 2.45) is 0 Å². The maximum Gasteiger partial charge on any atom is 0.295 e. The summed E-state index contributed by atoms with van der Waals surface area (Å²) in [7, 11) is 1.55. The molecule has 1 aliphatic rings. The highest BCUT2D eigenvalue weighted by molar-refractivity contribution is 6.46. The van der Waals surface area contributed by atoms with Crippen LogP contribution in [0.5, 0.6) is 5.75 Å². The monoisotopic (exact) mass is 418 g/mol. The predicted octanol–water partition coefficient (Wildman–Crippen LogP) is 2.80. The summed E-state index contributed by atoms with van der Waals surface area (Å²) in [5.74, 6) is -0.963. The van der Waals surface area contributed by atoms with Gasteiger partial charge in [0.05, 0.1) is 24.7 Å². The molecular weight excluding hydrogens is 396 g/mol. The summed E-state index contributed by atoms with van der Waals surface area (Å²) in [6, 6.07) is 11.2. The molecule has 0 radical (unpaired) electrons. The minimum absolute atomic E-state index is 0.0384. The van der Waals surface area contributed by atoms with Crippen molar-refractivity contribution >= 4 is 17.4 Å². The van der Waals surface area contributed by atoms with Crippen LogP contribution >= 0.6 is 0 Å². The Hall–Kier alpha value is -3.94. The van der Waals surface area contributed by atoms with Crippen LogP contribution in [0.1, 0.15) is 23.7 Å². The van der Waals surface area contributed by atoms with Gasteiger partial charge in [-0.05, 0) is 42.8 Å². The van der Waals surface area contributed by atoms with Crippen molar-refractivity contribution in [1.29, 1.82) is 0 Å². The molecule has 1 atom stereocenters. The van der Waals surface area contributed by atoms with Gasteiger partial charge in [-0.3, -0.25) is 14.6 Å². The number of aryl methyl sites for hydroxylation is 1. The Morgan fingerprint density at radius 3 is 2.55 bits per heavy atom. The molecule has 1 saturated heterocycles. The van der Waals surface area contributed by atoms with Gasteiger partial charge in [0.15, 0.2) is 0 Å². The molecule has 31 heavy (non-hydrogen) atoms. The van der Waals surface area contributed by atoms with Crippen LogP contribution in [0.25, 0.3) is 5.76 Å². The highest BCUT2D eigenvalue weighted by Crippen LogP contribution is 2.38. The van der Waals surface area contributed by atoms with E-state index in [4.69, 9.17) is 4.74 Å². The summed E-state index contributed by atoms with van der Waals surface area (Å²) < 4.78 is 7.06. The maximum atomic E-state index is 13.0. The van der Waals surface area contributed by atoms with Crippen molar-refractivity contribution in [3.63, 3.8) is 0 Å². The van der Waals surface area contributed by atoms with Gasteiger partial charge in [-0.15, -0.1) is 0 Å². The zero-order chi connectivity index (χ0) is 21.8. The Bertz CT molecular complexity index is 1090. The van der Waals surface area contributed by atoms with E-state index < -0.39 is 17.7 Å². The zero-order valence-corrected chi connectivity index (χ0v) is 17.0. The number of aliphatic hydroxyl groups is 1. The van der Waals surface area contributed by atoms with Crippen molar-refractivity contribution < 1.29 is 19.4 Å². The maximum absolute atomic E-state index is 13.0. The van der Waals surface area contributed by atoms with Gasteiger partial charge in [0.2, 0.25) is 0 Å². The first-order valence-corrected chi connectivity index (χ1v) is 9.89. The highest BCUT2D eigenvalue weighted by atomic mass is 16.5. The lowest BCUT2D eigenvalue weighted by atomic mass is 9.98. The molecule has 3 heterocycles. The van der Waals surface area contributed by atoms with Crippen LogP contribution in [-0.2, 0) is 16.1 Å². The Kier molecular flexibility index (Phi) is 5.79. The molecule has 0 unspecified atom stereocenters. The fourth-order valence-electron chi connectivity index (χ4n) is 3.70. The molecule has 1 fully saturated rings. The second kappa shape index (κ2) is 8.83. The van der Waals surface area contributed by atoms with E-state index in [1.165, 1.54) is 4.90 Å². The van der Waals surface area contributed by atoms with Crippen LogP contribution in [0.15, 0.2) is 73.0 Å². The minimum Gasteiger partial charge on any atom is -0.507 e. The lowest BCUT2D eigenvalue weighted by molar-refractivity contribution is -0.140. The summed E-state index contributed by atoms with van der Waals surface area (Å²) >= 11 is 0. The first kappa shape index (κ1) is 20.3. The number of ketones is 1. The standard InChI is InChI=1S/C23H22N4O4/c1-31-17-8-6-16(7-9-17)21(28)19-20(18-5-2-3-10-25-18)27(23(30)22(19)29)13-4-12-26-14-11-24-15-26/h2-3,5-11,14-15,20,28H,4,12-13H2,1H3/t20-/m1/s1. The third kappa shape index (κ3) is 4.05. The van der Waals surface area contributed by atoms with Crippen molar-refractivity contribution in [2.75, 3.05) is 13.7 Å². The quantitative estimate of drug-likeness (QED) is 0.360. The number of hydrogen-bond donors (Lipinski definition) is 1. The third-order valence-corrected chi connectivity index (χ3v) is 5.25. The molecule has 158 valence electrons. The molecule has 0 spiro atoms. The number of ether oxygens (including phenoxy) is 1. The average Bonchev–Trinajstić information content (AvgIpc) is 3.41. The van der Waals surface area contributed by atoms with Gasteiger partial charge < -0.3 is 19.3 Å². The van der Waals surface area contributed by atoms with Crippen LogP contribution in [-0.4, -0.2) is 49.9 Å². The number of rotatable bonds is 7. The molecule has 1 aliphatic heterocycles. The van der Waals surface area contributed by atoms with Gasteiger partial charge >= 0.3 is 0 Å². The predicted molar refractivity (Wildman–Crippen MR) is 113 cm³/mol. The lowest BCUT2D eigenvalue weighted by Crippen LogP contribution is -2.31. The number of methoxy groups -OCH3 is 1. The molecule has 1 N–H and O–H groups in total. The van der Waals surface area contributed by atoms with E-state index in [9.17, 15) is 14.7 Å². The highest BCUT2D eigenvalue weighted by Gasteiger charge is 2.46. The van der Waals surface area contributed by atoms with Gasteiger partial charge in [0.25, 0.3) is 11.7 Å². The minimum atomic E-state index is -0.758. The van der Waals surface area contributed by atoms with Gasteiger partial charge in [0, 0.05) is 37.2 Å². The van der Waals surface area contributed by atoms with Gasteiger partial charge in [-0.1, -0.05) is 6.07 Å². The number of likely N-dealkylation sites (tertiary alicyclic amines) is 1. The third-order valence-electron chi connectivity index (χ3n) is 5.25. The summed E-state index contributed by atoms with van der Waals surface area (Å²) in [6.07, 6.45) is 7.46. The smallest absolute Gasteiger partial charge is 0.295 e. The number of pyridine rings is 1. The molecule has 0 aliphatic carbocycles. The topological polar surface area (TPSA) is 97.6 Å². The molecule has 4 rings (SSSR count). The largest absolute Gasteiger partial charge is 0.507 e. The fourth-order valence-corrected chi connectivity index (χ4v) is 3.70. The van der Waals surface area contributed by atoms with Gasteiger partial charge in [-0.25, -0.2) is 4.98 Å². The number of hydrogen-bond acceptors (Lipinski definition) is 6. The lowest BCUT2D eigenvalue weighted by Gasteiger charge is -2.24. The molecule has 0 saturated carbocycles. The van der Waals surface area contributed by atoms with Crippen LogP contribution < -0.4 is 4.74 Å². The SMILES string of the molecule is COc1ccc(C(O)=C2C(=O)C(=O)N(CCCn3ccnc3)[C@@H]2c2ccccn2)cc1. The molecular formula is C23H22N4O4. The normalized spacial score (nSPS) is 17.8. The summed E-state index contributed by atoms with van der Waals surface area (Å²) in [6.45, 7) is 0.986. The Morgan fingerprint density at radius 2 is 1.90 bits per heavy atom. The number of nitrogens with zero attached hydrogens (tertiary/aromatic N) is 4. The molecule has 8 heteroatoms. The zero-order valence-electron chi connectivity index (χ0n) is 17.0. The van der Waals surface area contributed by atoms with Crippen molar-refractivity contribution in [1.82, 2.24) is 19.4 Å². The van der Waals surface area contributed by atoms with E-state index in [0.717, 1.165) is 0 Å². The number of aromatic nitrogens is 3. The molecule has 1 aromatic carbocycles. The van der Waals surface area contributed by atoms with Crippen molar-refractivity contribution in [2.45, 2.75) is 19.0 Å². The number of aliphatic hydroxyl groups excluding tert-OH is 1. The van der Waals surface area contributed by atoms with Crippen molar-refractivity contribution in [3.05, 3.63) is 84.2 Å². The summed E-state index contributed by atoms with van der Waals surface area (Å²) in [4.78, 5) is 35.7. The second-order valence-corrected chi connectivity index (χ2v) is 7.13. The van der Waals surface area contributed by atoms with Crippen molar-refractivity contribution in [3.8, 4) is 5.75 Å². The molecule has 2 aromatic heterocycles. The first-order valence-electron chi connectivity index (χ1n) is 9.89. The Morgan fingerprint density at radius 1 is 1.10 bits per heavy atom. The summed E-state index contributed by atoms with van der Waals surface area (Å²) in [5.41, 5.74) is 0.994. The number of amides is 1. The van der Waals surface area contributed by atoms with E-state index in [-0.39, 0.29) is 11.3 Å². The second-order valence-electron chi connectivity index (χ2n) is 7.13. The Balaban J connectivity index is 1.70. The first-order chi connectivity index (χ1) is 15.1. The van der Waals surface area contributed by atoms with Crippen LogP contribution in [0.3, 0.4) is 0 Å². The van der Waals surface area contributed by atoms with E-state index in [1.807, 2.05) is 10.8 Å². The fraction of sp³-hybridized carbons (Fsp3) is 0.217. The van der Waals surface area contributed by atoms with Crippen LogP contribution in [0.4, 0.5) is 0 Å². The van der Waals surface area contributed by atoms with Gasteiger partial charge in [0.1, 0.15) is 17.6 Å². The van der Waals surface area contributed by atoms with Crippen LogP contribution in [0, 0.1) is 0 Å². The number of carbonyl (C=O) groups is 2. The van der Waals surface area contributed by atoms with Crippen LogP contribution in [0.2, 0.25) is 0 Å². The molecule has 0 bridgehead atoms. The Labute approximate surface area is 179 Å². The average molecular weight is 418 g/mol. The summed E-state index contributed by atoms with van der Waals surface area (Å²) in [5, 5.41) is 11.0. The number of carbonyl (C=O) groups excluding carboxylic acids is 2. The molecule has 8 nitrogen and oxygen atoms in total. The number of Topliss-reactive ketones (excluding diaryl/α,β-unsaturated/α-hetero) is 1. The van der Waals surface area contributed by atoms with E-state index in [1.54, 1.807) is 68.3 Å². The molecule has 1 amide bonds. The van der Waals surface area contributed by atoms with E-state index in [0.29, 0.717) is 36.5 Å². The number of benzene rings is 1. The number of imidazole rings is 1. The van der Waals surface area contributed by atoms with E-state index >= 15 is 0 Å². The van der Waals surface area contributed by atoms with Gasteiger partial charge in [-0.2, -0.15) is 0 Å².